The minimum Gasteiger partial charge on any atom is -0.480 e. The lowest BCUT2D eigenvalue weighted by molar-refractivity contribution is -0.137. The SMILES string of the molecule is CCN(CC(=O)O)C(=O)N1CCN(c2ccccc2)CC1. The number of anilines is 1. The van der Waals surface area contributed by atoms with Crippen LogP contribution >= 0.6 is 0 Å². The van der Waals surface area contributed by atoms with E-state index < -0.39 is 5.97 Å². The van der Waals surface area contributed by atoms with Crippen LogP contribution in [0.1, 0.15) is 6.92 Å². The number of urea groups is 1. The number of carboxylic acids is 1. The molecule has 21 heavy (non-hydrogen) atoms. The number of nitrogens with zero attached hydrogens (tertiary/aromatic N) is 3. The van der Waals surface area contributed by atoms with Crippen molar-refractivity contribution >= 4 is 17.7 Å². The van der Waals surface area contributed by atoms with Crippen LogP contribution in [-0.2, 0) is 4.79 Å². The number of carboxylic acid groups (broad SMARTS) is 1. The molecule has 0 saturated carbocycles. The van der Waals surface area contributed by atoms with Crippen molar-refractivity contribution in [3.8, 4) is 0 Å². The third-order valence-electron chi connectivity index (χ3n) is 3.65. The number of hydrogen-bond donors (Lipinski definition) is 1. The number of carbonyl (C=O) groups is 2. The number of carbonyl (C=O) groups excluding carboxylic acids is 1. The maximum atomic E-state index is 12.3. The summed E-state index contributed by atoms with van der Waals surface area (Å²) < 4.78 is 0. The van der Waals surface area contributed by atoms with Crippen molar-refractivity contribution in [2.75, 3.05) is 44.2 Å². The Morgan fingerprint density at radius 3 is 2.29 bits per heavy atom. The molecule has 0 unspecified atom stereocenters. The van der Waals surface area contributed by atoms with Gasteiger partial charge >= 0.3 is 12.0 Å². The fourth-order valence-electron chi connectivity index (χ4n) is 2.47. The van der Waals surface area contributed by atoms with Gasteiger partial charge in [-0.2, -0.15) is 0 Å². The van der Waals surface area contributed by atoms with Gasteiger partial charge in [-0.15, -0.1) is 0 Å². The first kappa shape index (κ1) is 15.2. The first-order valence-electron chi connectivity index (χ1n) is 7.17. The highest BCUT2D eigenvalue weighted by molar-refractivity contribution is 5.80. The Kier molecular flexibility index (Phi) is 5.03. The summed E-state index contributed by atoms with van der Waals surface area (Å²) in [5.41, 5.74) is 1.16. The summed E-state index contributed by atoms with van der Waals surface area (Å²) in [6.07, 6.45) is 0. The van der Waals surface area contributed by atoms with Crippen LogP contribution in [-0.4, -0.2) is 66.2 Å². The molecule has 1 saturated heterocycles. The van der Waals surface area contributed by atoms with Gasteiger partial charge in [0.2, 0.25) is 0 Å². The van der Waals surface area contributed by atoms with Crippen LogP contribution in [0.3, 0.4) is 0 Å². The van der Waals surface area contributed by atoms with Crippen molar-refractivity contribution in [3.63, 3.8) is 0 Å². The molecular weight excluding hydrogens is 270 g/mol. The summed E-state index contributed by atoms with van der Waals surface area (Å²) in [7, 11) is 0. The maximum Gasteiger partial charge on any atom is 0.323 e. The van der Waals surface area contributed by atoms with E-state index in [9.17, 15) is 9.59 Å². The second kappa shape index (κ2) is 6.97. The van der Waals surface area contributed by atoms with E-state index in [0.29, 0.717) is 19.6 Å². The van der Waals surface area contributed by atoms with Gasteiger partial charge in [0.25, 0.3) is 0 Å². The normalized spacial score (nSPS) is 14.9. The molecule has 1 aliphatic heterocycles. The number of piperazine rings is 1. The molecule has 0 radical (unpaired) electrons. The fourth-order valence-corrected chi connectivity index (χ4v) is 2.47. The summed E-state index contributed by atoms with van der Waals surface area (Å²) in [6, 6.07) is 9.90. The smallest absolute Gasteiger partial charge is 0.323 e. The molecule has 1 fully saturated rings. The van der Waals surface area contributed by atoms with Crippen molar-refractivity contribution in [3.05, 3.63) is 30.3 Å². The van der Waals surface area contributed by atoms with Crippen molar-refractivity contribution in [1.82, 2.24) is 9.80 Å². The minimum atomic E-state index is -0.979. The predicted octanol–water partition coefficient (Wildman–Crippen LogP) is 1.34. The van der Waals surface area contributed by atoms with Crippen molar-refractivity contribution in [1.29, 1.82) is 0 Å². The van der Waals surface area contributed by atoms with Crippen molar-refractivity contribution < 1.29 is 14.7 Å². The van der Waals surface area contributed by atoms with Crippen LogP contribution in [0.15, 0.2) is 30.3 Å². The molecule has 6 nitrogen and oxygen atoms in total. The Morgan fingerprint density at radius 2 is 1.76 bits per heavy atom. The second-order valence-corrected chi connectivity index (χ2v) is 5.00. The van der Waals surface area contributed by atoms with Gasteiger partial charge in [-0.1, -0.05) is 18.2 Å². The second-order valence-electron chi connectivity index (χ2n) is 5.00. The Balaban J connectivity index is 1.91. The van der Waals surface area contributed by atoms with Gasteiger partial charge in [0.05, 0.1) is 0 Å². The molecule has 1 aliphatic rings. The first-order chi connectivity index (χ1) is 10.1. The van der Waals surface area contributed by atoms with Gasteiger partial charge in [0.1, 0.15) is 6.54 Å². The monoisotopic (exact) mass is 291 g/mol. The molecule has 0 bridgehead atoms. The highest BCUT2D eigenvalue weighted by Crippen LogP contribution is 2.16. The molecule has 114 valence electrons. The largest absolute Gasteiger partial charge is 0.480 e. The zero-order valence-corrected chi connectivity index (χ0v) is 12.2. The van der Waals surface area contributed by atoms with E-state index in [1.165, 1.54) is 4.90 Å². The molecule has 1 N–H and O–H groups in total. The first-order valence-corrected chi connectivity index (χ1v) is 7.17. The van der Waals surface area contributed by atoms with E-state index in [1.54, 1.807) is 11.8 Å². The van der Waals surface area contributed by atoms with E-state index in [-0.39, 0.29) is 12.6 Å². The van der Waals surface area contributed by atoms with E-state index in [4.69, 9.17) is 5.11 Å². The fraction of sp³-hybridized carbons (Fsp3) is 0.467. The van der Waals surface area contributed by atoms with Crippen LogP contribution in [0, 0.1) is 0 Å². The summed E-state index contributed by atoms with van der Waals surface area (Å²) >= 11 is 0. The van der Waals surface area contributed by atoms with Gasteiger partial charge in [0.15, 0.2) is 0 Å². The summed E-state index contributed by atoms with van der Waals surface area (Å²) in [5, 5.41) is 8.83. The average Bonchev–Trinajstić information content (AvgIpc) is 2.53. The zero-order valence-electron chi connectivity index (χ0n) is 12.2. The van der Waals surface area contributed by atoms with E-state index >= 15 is 0 Å². The van der Waals surface area contributed by atoms with Crippen LogP contribution < -0.4 is 4.90 Å². The molecule has 0 aromatic heterocycles. The van der Waals surface area contributed by atoms with Crippen LogP contribution in [0.5, 0.6) is 0 Å². The molecule has 1 heterocycles. The van der Waals surface area contributed by atoms with Gasteiger partial charge in [0, 0.05) is 38.4 Å². The van der Waals surface area contributed by atoms with Crippen molar-refractivity contribution in [2.45, 2.75) is 6.92 Å². The van der Waals surface area contributed by atoms with Crippen LogP contribution in [0.2, 0.25) is 0 Å². The number of amides is 2. The zero-order chi connectivity index (χ0) is 15.2. The minimum absolute atomic E-state index is 0.187. The average molecular weight is 291 g/mol. The summed E-state index contributed by atoms with van der Waals surface area (Å²) in [6.45, 7) is 4.72. The Hall–Kier alpha value is -2.24. The lowest BCUT2D eigenvalue weighted by Crippen LogP contribution is -2.53. The molecular formula is C15H21N3O3. The third-order valence-corrected chi connectivity index (χ3v) is 3.65. The third kappa shape index (κ3) is 3.87. The Morgan fingerprint density at radius 1 is 1.14 bits per heavy atom. The Bertz CT molecular complexity index is 484. The topological polar surface area (TPSA) is 64.1 Å². The molecule has 0 aliphatic carbocycles. The quantitative estimate of drug-likeness (QED) is 0.909. The lowest BCUT2D eigenvalue weighted by Gasteiger charge is -2.38. The Labute approximate surface area is 124 Å². The number of likely N-dealkylation sites (N-methyl/N-ethyl adjacent to an activating group) is 1. The maximum absolute atomic E-state index is 12.3. The van der Waals surface area contributed by atoms with E-state index in [2.05, 4.69) is 17.0 Å². The van der Waals surface area contributed by atoms with Gasteiger partial charge < -0.3 is 19.8 Å². The van der Waals surface area contributed by atoms with Crippen molar-refractivity contribution in [2.24, 2.45) is 0 Å². The number of hydrogen-bond acceptors (Lipinski definition) is 3. The van der Waals surface area contributed by atoms with Gasteiger partial charge in [-0.3, -0.25) is 4.79 Å². The van der Waals surface area contributed by atoms with Gasteiger partial charge in [-0.05, 0) is 19.1 Å². The van der Waals surface area contributed by atoms with E-state index in [1.807, 2.05) is 18.2 Å². The molecule has 1 aromatic carbocycles. The van der Waals surface area contributed by atoms with E-state index in [0.717, 1.165) is 18.8 Å². The molecule has 0 atom stereocenters. The standard InChI is InChI=1S/C15H21N3O3/c1-2-16(12-14(19)20)15(21)18-10-8-17(9-11-18)13-6-4-3-5-7-13/h3-7H,2,8-12H2,1H3,(H,19,20). The van der Waals surface area contributed by atoms with Gasteiger partial charge in [-0.25, -0.2) is 4.79 Å². The molecule has 0 spiro atoms. The summed E-state index contributed by atoms with van der Waals surface area (Å²) in [5.74, 6) is -0.979. The highest BCUT2D eigenvalue weighted by atomic mass is 16.4. The lowest BCUT2D eigenvalue weighted by atomic mass is 10.2. The molecule has 2 amide bonds. The highest BCUT2D eigenvalue weighted by Gasteiger charge is 2.25. The van der Waals surface area contributed by atoms with Crippen LogP contribution in [0.4, 0.5) is 10.5 Å². The number of para-hydroxylation sites is 1. The summed E-state index contributed by atoms with van der Waals surface area (Å²) in [4.78, 5) is 28.4. The van der Waals surface area contributed by atoms with Crippen LogP contribution in [0.25, 0.3) is 0 Å². The molecule has 1 aromatic rings. The number of aliphatic carboxylic acids is 1. The molecule has 6 heteroatoms. The number of benzene rings is 1. The molecule has 2 rings (SSSR count). The predicted molar refractivity (Wildman–Crippen MR) is 80.5 cm³/mol. The number of rotatable bonds is 4.